The number of pyridine rings is 1. The Bertz CT molecular complexity index is 822. The molecule has 1 aromatic heterocycles. The second-order valence-corrected chi connectivity index (χ2v) is 5.70. The molecule has 0 aliphatic carbocycles. The second kappa shape index (κ2) is 8.83. The van der Waals surface area contributed by atoms with E-state index in [1.54, 1.807) is 0 Å². The lowest BCUT2D eigenvalue weighted by Crippen LogP contribution is -2.40. The lowest BCUT2D eigenvalue weighted by molar-refractivity contribution is -0.253. The zero-order valence-electron chi connectivity index (χ0n) is 14.0. The summed E-state index contributed by atoms with van der Waals surface area (Å²) >= 11 is 0. The fraction of sp³-hybridized carbons (Fsp3) is 0.294. The van der Waals surface area contributed by atoms with Gasteiger partial charge in [0.15, 0.2) is 0 Å². The monoisotopic (exact) mass is 406 g/mol. The first-order valence-electron chi connectivity index (χ1n) is 7.82. The number of aliphatic hydroxyl groups is 1. The van der Waals surface area contributed by atoms with Gasteiger partial charge in [0.2, 0.25) is 5.95 Å². The molecule has 2 atom stereocenters. The van der Waals surface area contributed by atoms with Crippen LogP contribution in [0.1, 0.15) is 17.4 Å². The van der Waals surface area contributed by atoms with Crippen molar-refractivity contribution in [1.29, 1.82) is 0 Å². The number of halogens is 5. The predicted octanol–water partition coefficient (Wildman–Crippen LogP) is 3.37. The second-order valence-electron chi connectivity index (χ2n) is 5.70. The largest absolute Gasteiger partial charge is 0.465 e. The highest BCUT2D eigenvalue weighted by atomic mass is 19.3. The summed E-state index contributed by atoms with van der Waals surface area (Å²) < 4.78 is 67.8. The van der Waals surface area contributed by atoms with Gasteiger partial charge in [0.1, 0.15) is 11.9 Å². The normalized spacial score (nSPS) is 13.8. The highest BCUT2D eigenvalue weighted by Crippen LogP contribution is 2.28. The van der Waals surface area contributed by atoms with Gasteiger partial charge in [-0.2, -0.15) is 22.0 Å². The Labute approximate surface area is 155 Å². The summed E-state index contributed by atoms with van der Waals surface area (Å²) in [5.41, 5.74) is 0.0344. The van der Waals surface area contributed by atoms with Crippen LogP contribution in [-0.2, 0) is 6.42 Å². The maximum absolute atomic E-state index is 13.2. The van der Waals surface area contributed by atoms with Gasteiger partial charge in [-0.3, -0.25) is 0 Å². The van der Waals surface area contributed by atoms with E-state index in [2.05, 4.69) is 9.72 Å². The number of hydrogen-bond acceptors (Lipinski definition) is 4. The number of hydrogen-bond donors (Lipinski definition) is 3. The number of ether oxygens (including phenoxy) is 1. The molecule has 1 aromatic carbocycles. The van der Waals surface area contributed by atoms with E-state index in [0.29, 0.717) is 0 Å². The number of aliphatic hydroxyl groups excluding tert-OH is 1. The fourth-order valence-corrected chi connectivity index (χ4v) is 2.39. The Hall–Kier alpha value is -2.95. The molecule has 152 valence electrons. The first-order chi connectivity index (χ1) is 13.1. The molecule has 2 rings (SSSR count). The average Bonchev–Trinajstić information content (AvgIpc) is 2.60. The Morgan fingerprint density at radius 3 is 2.50 bits per heavy atom. The molecule has 28 heavy (non-hydrogen) atoms. The highest BCUT2D eigenvalue weighted by molar-refractivity contribution is 5.65. The molecule has 2 aromatic rings. The zero-order valence-corrected chi connectivity index (χ0v) is 14.0. The molecule has 0 aliphatic rings. The van der Waals surface area contributed by atoms with Crippen molar-refractivity contribution in [3.8, 4) is 5.75 Å². The van der Waals surface area contributed by atoms with Crippen molar-refractivity contribution in [3.63, 3.8) is 0 Å². The van der Waals surface area contributed by atoms with Gasteiger partial charge in [-0.05, 0) is 36.2 Å². The van der Waals surface area contributed by atoms with Gasteiger partial charge in [-0.1, -0.05) is 18.2 Å². The molecule has 0 fully saturated rings. The summed E-state index contributed by atoms with van der Waals surface area (Å²) in [6, 6.07) is 6.96. The van der Waals surface area contributed by atoms with Gasteiger partial charge in [0.25, 0.3) is 0 Å². The fourth-order valence-electron chi connectivity index (χ4n) is 2.39. The van der Waals surface area contributed by atoms with E-state index in [0.717, 1.165) is 18.2 Å². The maximum Gasteiger partial charge on any atom is 0.461 e. The van der Waals surface area contributed by atoms with Crippen LogP contribution >= 0.6 is 0 Å². The molecule has 0 radical (unpaired) electrons. The van der Waals surface area contributed by atoms with Gasteiger partial charge in [-0.15, -0.1) is 0 Å². The number of benzene rings is 1. The summed E-state index contributed by atoms with van der Waals surface area (Å²) in [4.78, 5) is 14.5. The van der Waals surface area contributed by atoms with Crippen molar-refractivity contribution in [2.45, 2.75) is 31.1 Å². The topological polar surface area (TPSA) is 91.7 Å². The van der Waals surface area contributed by atoms with Gasteiger partial charge in [0.05, 0.1) is 11.7 Å². The maximum atomic E-state index is 13.2. The van der Waals surface area contributed by atoms with Crippen molar-refractivity contribution < 1.29 is 41.7 Å². The van der Waals surface area contributed by atoms with Crippen LogP contribution < -0.4 is 10.1 Å². The van der Waals surface area contributed by atoms with Crippen LogP contribution in [0.4, 0.5) is 26.7 Å². The van der Waals surface area contributed by atoms with Crippen molar-refractivity contribution >= 4 is 6.09 Å². The number of rotatable bonds is 8. The Balaban J connectivity index is 2.22. The Morgan fingerprint density at radius 1 is 1.21 bits per heavy atom. The van der Waals surface area contributed by atoms with Crippen LogP contribution in [0.5, 0.6) is 5.75 Å². The van der Waals surface area contributed by atoms with Gasteiger partial charge in [-0.25, -0.2) is 9.78 Å². The van der Waals surface area contributed by atoms with E-state index in [-0.39, 0.29) is 17.7 Å². The first-order valence-corrected chi connectivity index (χ1v) is 7.82. The zero-order chi connectivity index (χ0) is 20.9. The third-order valence-electron chi connectivity index (χ3n) is 3.59. The smallest absolute Gasteiger partial charge is 0.461 e. The van der Waals surface area contributed by atoms with Crippen LogP contribution in [0.25, 0.3) is 0 Å². The standard InChI is InChI=1S/C17H15F5N2O4/c18-13-6-2-5-11(23-13)14(25)12(24-16(26)27)8-9-3-1-4-10(7-9)28-17(21,22)15(19)20/h1-7,12,14-15,24-25H,8H2,(H,26,27). The summed E-state index contributed by atoms with van der Waals surface area (Å²) in [5.74, 6) is -1.47. The molecule has 1 amide bonds. The molecule has 0 spiro atoms. The van der Waals surface area contributed by atoms with Gasteiger partial charge >= 0.3 is 18.6 Å². The summed E-state index contributed by atoms with van der Waals surface area (Å²) in [7, 11) is 0. The van der Waals surface area contributed by atoms with Crippen LogP contribution in [0.15, 0.2) is 42.5 Å². The predicted molar refractivity (Wildman–Crippen MR) is 85.8 cm³/mol. The molecule has 3 N–H and O–H groups in total. The van der Waals surface area contributed by atoms with Gasteiger partial charge < -0.3 is 20.3 Å². The van der Waals surface area contributed by atoms with E-state index in [9.17, 15) is 31.9 Å². The van der Waals surface area contributed by atoms with Crippen LogP contribution in [-0.4, -0.2) is 39.9 Å². The third kappa shape index (κ3) is 5.78. The lowest BCUT2D eigenvalue weighted by Gasteiger charge is -2.23. The highest BCUT2D eigenvalue weighted by Gasteiger charge is 2.44. The van der Waals surface area contributed by atoms with E-state index >= 15 is 0 Å². The van der Waals surface area contributed by atoms with E-state index in [1.807, 2.05) is 5.32 Å². The molecule has 1 heterocycles. The number of amides is 1. The molecular weight excluding hydrogens is 391 g/mol. The Morgan fingerprint density at radius 2 is 1.89 bits per heavy atom. The number of nitrogens with zero attached hydrogens (tertiary/aromatic N) is 1. The van der Waals surface area contributed by atoms with Crippen LogP contribution in [0, 0.1) is 5.95 Å². The third-order valence-corrected chi connectivity index (χ3v) is 3.59. The minimum Gasteiger partial charge on any atom is -0.465 e. The molecule has 0 bridgehead atoms. The van der Waals surface area contributed by atoms with Gasteiger partial charge in [0, 0.05) is 0 Å². The number of nitrogens with one attached hydrogen (secondary N) is 1. The average molecular weight is 406 g/mol. The molecule has 0 aliphatic heterocycles. The van der Waals surface area contributed by atoms with E-state index < -0.39 is 42.5 Å². The molecule has 11 heteroatoms. The quantitative estimate of drug-likeness (QED) is 0.462. The van der Waals surface area contributed by atoms with Crippen LogP contribution in [0.2, 0.25) is 0 Å². The SMILES string of the molecule is O=C(O)NC(Cc1cccc(OC(F)(F)C(F)F)c1)C(O)c1cccc(F)n1. The van der Waals surface area contributed by atoms with Crippen LogP contribution in [0.3, 0.4) is 0 Å². The van der Waals surface area contributed by atoms with E-state index in [4.69, 9.17) is 5.11 Å². The minimum atomic E-state index is -4.71. The molecule has 0 saturated carbocycles. The summed E-state index contributed by atoms with van der Waals surface area (Å²) in [6.07, 6.45) is -12.1. The van der Waals surface area contributed by atoms with Crippen molar-refractivity contribution in [1.82, 2.24) is 10.3 Å². The number of carbonyl (C=O) groups is 1. The molecule has 2 unspecified atom stereocenters. The summed E-state index contributed by atoms with van der Waals surface area (Å²) in [5, 5.41) is 21.3. The molecule has 6 nitrogen and oxygen atoms in total. The van der Waals surface area contributed by atoms with Crippen molar-refractivity contribution in [3.05, 3.63) is 59.7 Å². The lowest BCUT2D eigenvalue weighted by atomic mass is 9.98. The number of carboxylic acid groups (broad SMARTS) is 1. The van der Waals surface area contributed by atoms with Crippen molar-refractivity contribution in [2.75, 3.05) is 0 Å². The molecule has 0 saturated heterocycles. The number of aromatic nitrogens is 1. The number of alkyl halides is 4. The summed E-state index contributed by atoms with van der Waals surface area (Å²) in [6.45, 7) is 0. The molecular formula is C17H15F5N2O4. The van der Waals surface area contributed by atoms with Crippen molar-refractivity contribution in [2.24, 2.45) is 0 Å². The van der Waals surface area contributed by atoms with E-state index in [1.165, 1.54) is 24.3 Å². The Kier molecular flexibility index (Phi) is 6.73. The minimum absolute atomic E-state index is 0.157. The first kappa shape index (κ1) is 21.4.